The number of nitrogens with one attached hydrogen (secondary N) is 2. The van der Waals surface area contributed by atoms with Gasteiger partial charge in [0.25, 0.3) is 0 Å². The second kappa shape index (κ2) is 8.49. The average Bonchev–Trinajstić information content (AvgIpc) is 2.38. The van der Waals surface area contributed by atoms with Gasteiger partial charge in [0.2, 0.25) is 10.0 Å². The topological polar surface area (TPSA) is 58.2 Å². The lowest BCUT2D eigenvalue weighted by Gasteiger charge is -2.11. The van der Waals surface area contributed by atoms with Crippen molar-refractivity contribution in [3.8, 4) is 0 Å². The molecule has 0 aliphatic rings. The summed E-state index contributed by atoms with van der Waals surface area (Å²) in [6.07, 6.45) is 2.59. The standard InChI is InChI=1S/C14H23ClN2O2S/c1-3-8-16-9-4-5-10-20(18,19)17-14-11-13(15)7-6-12(14)2/h6-7,11,16-17H,3-5,8-10H2,1-2H3. The highest BCUT2D eigenvalue weighted by Gasteiger charge is 2.11. The number of rotatable bonds is 9. The van der Waals surface area contributed by atoms with E-state index >= 15 is 0 Å². The monoisotopic (exact) mass is 318 g/mol. The molecule has 1 aromatic carbocycles. The molecule has 0 atom stereocenters. The third-order valence-corrected chi connectivity index (χ3v) is 4.50. The second-order valence-corrected chi connectivity index (χ2v) is 7.12. The number of sulfonamides is 1. The van der Waals surface area contributed by atoms with Gasteiger partial charge in [0.05, 0.1) is 11.4 Å². The van der Waals surface area contributed by atoms with Gasteiger partial charge in [0.15, 0.2) is 0 Å². The highest BCUT2D eigenvalue weighted by Crippen LogP contribution is 2.21. The van der Waals surface area contributed by atoms with Crippen LogP contribution < -0.4 is 10.0 Å². The van der Waals surface area contributed by atoms with Crippen molar-refractivity contribution in [1.29, 1.82) is 0 Å². The van der Waals surface area contributed by atoms with E-state index in [0.717, 1.165) is 31.5 Å². The summed E-state index contributed by atoms with van der Waals surface area (Å²) >= 11 is 5.88. The molecule has 0 saturated heterocycles. The van der Waals surface area contributed by atoms with Crippen LogP contribution in [0.3, 0.4) is 0 Å². The van der Waals surface area contributed by atoms with Gasteiger partial charge in [-0.25, -0.2) is 8.42 Å². The van der Waals surface area contributed by atoms with Gasteiger partial charge in [-0.05, 0) is 57.0 Å². The molecule has 1 rings (SSSR count). The zero-order valence-electron chi connectivity index (χ0n) is 12.1. The van der Waals surface area contributed by atoms with E-state index in [1.165, 1.54) is 0 Å². The van der Waals surface area contributed by atoms with Gasteiger partial charge in [-0.3, -0.25) is 4.72 Å². The Morgan fingerprint density at radius 3 is 2.65 bits per heavy atom. The van der Waals surface area contributed by atoms with E-state index in [0.29, 0.717) is 17.1 Å². The van der Waals surface area contributed by atoms with E-state index < -0.39 is 10.0 Å². The molecule has 6 heteroatoms. The van der Waals surface area contributed by atoms with Crippen molar-refractivity contribution in [2.24, 2.45) is 0 Å². The van der Waals surface area contributed by atoms with E-state index in [2.05, 4.69) is 17.0 Å². The van der Waals surface area contributed by atoms with Crippen molar-refractivity contribution < 1.29 is 8.42 Å². The Morgan fingerprint density at radius 2 is 1.95 bits per heavy atom. The number of anilines is 1. The number of hydrogen-bond donors (Lipinski definition) is 2. The number of benzene rings is 1. The van der Waals surface area contributed by atoms with Crippen molar-refractivity contribution in [3.05, 3.63) is 28.8 Å². The molecule has 0 unspecified atom stereocenters. The summed E-state index contributed by atoms with van der Waals surface area (Å²) in [5.74, 6) is 0.132. The molecule has 0 spiro atoms. The van der Waals surface area contributed by atoms with Gasteiger partial charge in [0.1, 0.15) is 0 Å². The first-order chi connectivity index (χ1) is 9.44. The Morgan fingerprint density at radius 1 is 1.20 bits per heavy atom. The molecule has 0 saturated carbocycles. The van der Waals surface area contributed by atoms with Crippen LogP contribution in [-0.2, 0) is 10.0 Å². The van der Waals surface area contributed by atoms with Crippen LogP contribution >= 0.6 is 11.6 Å². The molecule has 0 radical (unpaired) electrons. The molecule has 1 aromatic rings. The van der Waals surface area contributed by atoms with E-state index in [1.807, 2.05) is 6.92 Å². The summed E-state index contributed by atoms with van der Waals surface area (Å²) in [4.78, 5) is 0. The summed E-state index contributed by atoms with van der Waals surface area (Å²) in [6.45, 7) is 5.80. The Labute approximate surface area is 127 Å². The minimum absolute atomic E-state index is 0.132. The molecule has 114 valence electrons. The van der Waals surface area contributed by atoms with E-state index in [1.54, 1.807) is 18.2 Å². The van der Waals surface area contributed by atoms with Gasteiger partial charge >= 0.3 is 0 Å². The lowest BCUT2D eigenvalue weighted by molar-refractivity contribution is 0.590. The van der Waals surface area contributed by atoms with Crippen LogP contribution in [0.4, 0.5) is 5.69 Å². The van der Waals surface area contributed by atoms with Crippen LogP contribution in [-0.4, -0.2) is 27.3 Å². The first-order valence-corrected chi connectivity index (χ1v) is 8.95. The average molecular weight is 319 g/mol. The third kappa shape index (κ3) is 6.59. The molecule has 0 aliphatic carbocycles. The molecule has 0 aromatic heterocycles. The first kappa shape index (κ1) is 17.3. The van der Waals surface area contributed by atoms with E-state index in [9.17, 15) is 8.42 Å². The molecule has 0 heterocycles. The zero-order valence-corrected chi connectivity index (χ0v) is 13.6. The van der Waals surface area contributed by atoms with Crippen molar-refractivity contribution in [2.45, 2.75) is 33.1 Å². The van der Waals surface area contributed by atoms with Gasteiger partial charge in [-0.2, -0.15) is 0 Å². The van der Waals surface area contributed by atoms with Crippen molar-refractivity contribution in [1.82, 2.24) is 5.32 Å². The summed E-state index contributed by atoms with van der Waals surface area (Å²) in [7, 11) is -3.30. The van der Waals surface area contributed by atoms with Gasteiger partial charge in [0, 0.05) is 5.02 Å². The van der Waals surface area contributed by atoms with Crippen LogP contribution in [0.2, 0.25) is 5.02 Å². The molecule has 2 N–H and O–H groups in total. The third-order valence-electron chi connectivity index (χ3n) is 2.91. The molecule has 0 fully saturated rings. The SMILES string of the molecule is CCCNCCCCS(=O)(=O)Nc1cc(Cl)ccc1C. The minimum Gasteiger partial charge on any atom is -0.317 e. The Bertz CT molecular complexity index is 518. The first-order valence-electron chi connectivity index (χ1n) is 6.92. The Kier molecular flexibility index (Phi) is 7.34. The zero-order chi connectivity index (χ0) is 15.0. The van der Waals surface area contributed by atoms with Gasteiger partial charge in [-0.1, -0.05) is 24.6 Å². The van der Waals surface area contributed by atoms with E-state index in [-0.39, 0.29) is 5.75 Å². The maximum atomic E-state index is 12.0. The van der Waals surface area contributed by atoms with Crippen LogP contribution in [0.5, 0.6) is 0 Å². The van der Waals surface area contributed by atoms with Crippen molar-refractivity contribution in [3.63, 3.8) is 0 Å². The molecular weight excluding hydrogens is 296 g/mol. The van der Waals surface area contributed by atoms with Crippen LogP contribution in [0, 0.1) is 6.92 Å². The fraction of sp³-hybridized carbons (Fsp3) is 0.571. The quantitative estimate of drug-likeness (QED) is 0.688. The lowest BCUT2D eigenvalue weighted by Crippen LogP contribution is -2.20. The molecule has 20 heavy (non-hydrogen) atoms. The molecule has 4 nitrogen and oxygen atoms in total. The maximum absolute atomic E-state index is 12.0. The number of aryl methyl sites for hydroxylation is 1. The Hall–Kier alpha value is -0.780. The number of unbranched alkanes of at least 4 members (excludes halogenated alkanes) is 1. The molecule has 0 aliphatic heterocycles. The van der Waals surface area contributed by atoms with Crippen molar-refractivity contribution in [2.75, 3.05) is 23.6 Å². The minimum atomic E-state index is -3.30. The largest absolute Gasteiger partial charge is 0.317 e. The predicted octanol–water partition coefficient (Wildman–Crippen LogP) is 3.17. The van der Waals surface area contributed by atoms with Gasteiger partial charge in [-0.15, -0.1) is 0 Å². The van der Waals surface area contributed by atoms with Crippen LogP contribution in [0.25, 0.3) is 0 Å². The summed E-state index contributed by atoms with van der Waals surface area (Å²) < 4.78 is 26.6. The highest BCUT2D eigenvalue weighted by atomic mass is 35.5. The number of halogens is 1. The molecule has 0 amide bonds. The van der Waals surface area contributed by atoms with Gasteiger partial charge < -0.3 is 5.32 Å². The second-order valence-electron chi connectivity index (χ2n) is 4.84. The highest BCUT2D eigenvalue weighted by molar-refractivity contribution is 7.92. The smallest absolute Gasteiger partial charge is 0.232 e. The fourth-order valence-corrected chi connectivity index (χ4v) is 3.18. The normalized spacial score (nSPS) is 11.6. The van der Waals surface area contributed by atoms with E-state index in [4.69, 9.17) is 11.6 Å². The summed E-state index contributed by atoms with van der Waals surface area (Å²) in [5, 5.41) is 3.78. The predicted molar refractivity (Wildman–Crippen MR) is 86.0 cm³/mol. The van der Waals surface area contributed by atoms with Crippen LogP contribution in [0.1, 0.15) is 31.7 Å². The summed E-state index contributed by atoms with van der Waals surface area (Å²) in [5.41, 5.74) is 1.42. The van der Waals surface area contributed by atoms with Crippen molar-refractivity contribution >= 4 is 27.3 Å². The van der Waals surface area contributed by atoms with Crippen LogP contribution in [0.15, 0.2) is 18.2 Å². The molecule has 0 bridgehead atoms. The molecular formula is C14H23ClN2O2S. The number of hydrogen-bond acceptors (Lipinski definition) is 3. The lowest BCUT2D eigenvalue weighted by atomic mass is 10.2. The summed E-state index contributed by atoms with van der Waals surface area (Å²) in [6, 6.07) is 5.18. The fourth-order valence-electron chi connectivity index (χ4n) is 1.77. The maximum Gasteiger partial charge on any atom is 0.232 e. The Balaban J connectivity index is 2.43.